The number of alkyl halides is 2. The van der Waals surface area contributed by atoms with Gasteiger partial charge in [-0.15, -0.1) is 0 Å². The molecule has 0 heterocycles. The van der Waals surface area contributed by atoms with Gasteiger partial charge in [0, 0.05) is 14.2 Å². The first-order valence-electron chi connectivity index (χ1n) is 9.93. The van der Waals surface area contributed by atoms with Crippen LogP contribution in [0.25, 0.3) is 0 Å². The molecule has 0 aromatic rings. The SMILES string of the molecule is CCOC(=O)C1(F)CCCCC1.COP(=O)(CC(=O)C1(F)CCCCC1)OC. The van der Waals surface area contributed by atoms with Crippen LogP contribution in [0.1, 0.15) is 71.1 Å². The number of rotatable bonds is 7. The topological polar surface area (TPSA) is 78.9 Å². The number of ether oxygens (including phenoxy) is 1. The van der Waals surface area contributed by atoms with Crippen LogP contribution in [0.2, 0.25) is 0 Å². The second-order valence-corrected chi connectivity index (χ2v) is 9.60. The van der Waals surface area contributed by atoms with E-state index in [1.54, 1.807) is 6.92 Å². The van der Waals surface area contributed by atoms with E-state index in [1.807, 2.05) is 0 Å². The minimum Gasteiger partial charge on any atom is -0.464 e. The summed E-state index contributed by atoms with van der Waals surface area (Å²) < 4.78 is 53.5. The highest BCUT2D eigenvalue weighted by atomic mass is 31.2. The standard InChI is InChI=1S/C10H18FO4P.C9H15FO2/c1-14-16(13,15-2)8-9(12)10(11)6-4-3-5-7-10;1-2-12-8(11)9(10)6-4-3-5-7-9/h3-8H2,1-2H3;2-7H2,1H3. The summed E-state index contributed by atoms with van der Waals surface area (Å²) in [6, 6.07) is 0. The van der Waals surface area contributed by atoms with Gasteiger partial charge >= 0.3 is 13.6 Å². The summed E-state index contributed by atoms with van der Waals surface area (Å²) in [6.45, 7) is 1.97. The minimum absolute atomic E-state index is 0.221. The maximum Gasteiger partial charge on any atom is 0.343 e. The molecule has 0 radical (unpaired) electrons. The summed E-state index contributed by atoms with van der Waals surface area (Å²) in [4.78, 5) is 22.9. The quantitative estimate of drug-likeness (QED) is 0.424. The lowest BCUT2D eigenvalue weighted by atomic mass is 9.84. The van der Waals surface area contributed by atoms with Crippen LogP contribution >= 0.6 is 7.60 Å². The second kappa shape index (κ2) is 11.4. The molecule has 6 nitrogen and oxygen atoms in total. The third kappa shape index (κ3) is 7.20. The van der Waals surface area contributed by atoms with E-state index in [9.17, 15) is 22.9 Å². The number of hydrogen-bond donors (Lipinski definition) is 0. The minimum atomic E-state index is -3.44. The molecule has 2 saturated carbocycles. The Hall–Kier alpha value is -0.850. The molecule has 0 aromatic heterocycles. The molecule has 0 bridgehead atoms. The van der Waals surface area contributed by atoms with E-state index in [0.29, 0.717) is 25.7 Å². The van der Waals surface area contributed by atoms with Crippen molar-refractivity contribution >= 4 is 19.3 Å². The fourth-order valence-electron chi connectivity index (χ4n) is 3.49. The van der Waals surface area contributed by atoms with Crippen molar-refractivity contribution in [1.82, 2.24) is 0 Å². The van der Waals surface area contributed by atoms with Crippen LogP contribution in [0.5, 0.6) is 0 Å². The Morgan fingerprint density at radius 2 is 1.29 bits per heavy atom. The molecule has 2 fully saturated rings. The van der Waals surface area contributed by atoms with E-state index in [-0.39, 0.29) is 19.4 Å². The Balaban J connectivity index is 0.000000292. The molecule has 164 valence electrons. The molecule has 0 spiro atoms. The Kier molecular flexibility index (Phi) is 10.2. The summed E-state index contributed by atoms with van der Waals surface area (Å²) >= 11 is 0. The van der Waals surface area contributed by atoms with Crippen molar-refractivity contribution in [3.8, 4) is 0 Å². The van der Waals surface area contributed by atoms with Crippen LogP contribution in [0, 0.1) is 0 Å². The lowest BCUT2D eigenvalue weighted by molar-refractivity contribution is -0.159. The van der Waals surface area contributed by atoms with Gasteiger partial charge in [-0.05, 0) is 58.3 Å². The number of ketones is 1. The number of hydrogen-bond acceptors (Lipinski definition) is 6. The maximum absolute atomic E-state index is 14.2. The number of esters is 1. The fourth-order valence-corrected chi connectivity index (χ4v) is 4.53. The molecule has 0 amide bonds. The first-order valence-corrected chi connectivity index (χ1v) is 11.7. The molecule has 2 aliphatic rings. The molecule has 0 aliphatic heterocycles. The lowest BCUT2D eigenvalue weighted by Crippen LogP contribution is -2.38. The van der Waals surface area contributed by atoms with Gasteiger partial charge in [0.05, 0.1) is 6.61 Å². The first kappa shape index (κ1) is 25.2. The van der Waals surface area contributed by atoms with E-state index in [0.717, 1.165) is 25.7 Å². The molecule has 9 heteroatoms. The molecule has 0 unspecified atom stereocenters. The average molecular weight is 426 g/mol. The zero-order valence-electron chi connectivity index (χ0n) is 17.1. The molecule has 0 atom stereocenters. The van der Waals surface area contributed by atoms with Gasteiger partial charge in [-0.2, -0.15) is 0 Å². The number of carbonyl (C=O) groups is 2. The van der Waals surface area contributed by atoms with Gasteiger partial charge in [0.15, 0.2) is 11.5 Å². The maximum atomic E-state index is 14.2. The van der Waals surface area contributed by atoms with E-state index in [4.69, 9.17) is 0 Å². The molecule has 28 heavy (non-hydrogen) atoms. The van der Waals surface area contributed by atoms with Crippen molar-refractivity contribution in [2.75, 3.05) is 27.0 Å². The molecular formula is C19H33F2O6P. The van der Waals surface area contributed by atoms with Crippen LogP contribution in [0.3, 0.4) is 0 Å². The third-order valence-electron chi connectivity index (χ3n) is 5.33. The van der Waals surface area contributed by atoms with Crippen molar-refractivity contribution in [2.45, 2.75) is 82.5 Å². The summed E-state index contributed by atoms with van der Waals surface area (Å²) in [7, 11) is -1.04. The van der Waals surface area contributed by atoms with Crippen molar-refractivity contribution in [2.24, 2.45) is 0 Å². The van der Waals surface area contributed by atoms with E-state index in [2.05, 4.69) is 13.8 Å². The van der Waals surface area contributed by atoms with Crippen LogP contribution in [0.15, 0.2) is 0 Å². The third-order valence-corrected chi connectivity index (χ3v) is 7.11. The Morgan fingerprint density at radius 1 is 0.857 bits per heavy atom. The molecule has 2 aliphatic carbocycles. The first-order chi connectivity index (χ1) is 13.1. The Labute approximate surface area is 166 Å². The Morgan fingerprint density at radius 3 is 1.68 bits per heavy atom. The summed E-state index contributed by atoms with van der Waals surface area (Å²) in [5.74, 6) is -1.32. The van der Waals surface area contributed by atoms with Gasteiger partial charge in [-0.3, -0.25) is 9.36 Å². The van der Waals surface area contributed by atoms with Crippen LogP contribution in [0.4, 0.5) is 8.78 Å². The highest BCUT2D eigenvalue weighted by molar-refractivity contribution is 7.54. The zero-order valence-corrected chi connectivity index (χ0v) is 18.0. The van der Waals surface area contributed by atoms with Gasteiger partial charge in [0.2, 0.25) is 5.67 Å². The highest BCUT2D eigenvalue weighted by Crippen LogP contribution is 2.48. The van der Waals surface area contributed by atoms with Crippen molar-refractivity contribution in [3.05, 3.63) is 0 Å². The summed E-state index contributed by atoms with van der Waals surface area (Å²) in [5.41, 5.74) is -3.50. The van der Waals surface area contributed by atoms with E-state index < -0.39 is 36.8 Å². The highest BCUT2D eigenvalue weighted by Gasteiger charge is 2.43. The van der Waals surface area contributed by atoms with Crippen LogP contribution < -0.4 is 0 Å². The molecular weight excluding hydrogens is 393 g/mol. The zero-order chi connectivity index (χ0) is 21.3. The average Bonchev–Trinajstić information content (AvgIpc) is 2.69. The van der Waals surface area contributed by atoms with Gasteiger partial charge in [-0.25, -0.2) is 13.6 Å². The summed E-state index contributed by atoms with van der Waals surface area (Å²) in [5, 5.41) is 0. The van der Waals surface area contributed by atoms with Crippen molar-refractivity contribution in [1.29, 1.82) is 0 Å². The number of carbonyl (C=O) groups excluding carboxylic acids is 2. The fraction of sp³-hybridized carbons (Fsp3) is 0.895. The smallest absolute Gasteiger partial charge is 0.343 e. The second-order valence-electron chi connectivity index (χ2n) is 7.33. The number of halogens is 2. The van der Waals surface area contributed by atoms with E-state index in [1.165, 1.54) is 14.2 Å². The van der Waals surface area contributed by atoms with Crippen molar-refractivity contribution in [3.63, 3.8) is 0 Å². The summed E-state index contributed by atoms with van der Waals surface area (Å²) in [6.07, 6.45) is 5.63. The normalized spacial score (nSPS) is 21.2. The monoisotopic (exact) mass is 426 g/mol. The number of Topliss-reactive ketones (excluding diaryl/α,β-unsaturated/α-hetero) is 1. The van der Waals surface area contributed by atoms with Gasteiger partial charge in [0.25, 0.3) is 0 Å². The van der Waals surface area contributed by atoms with Crippen molar-refractivity contribution < 1.29 is 36.7 Å². The molecule has 2 rings (SSSR count). The van der Waals surface area contributed by atoms with E-state index >= 15 is 0 Å². The lowest BCUT2D eigenvalue weighted by Gasteiger charge is -2.28. The molecule has 0 N–H and O–H groups in total. The molecule has 0 aromatic carbocycles. The van der Waals surface area contributed by atoms with Gasteiger partial charge in [-0.1, -0.05) is 12.8 Å². The van der Waals surface area contributed by atoms with Crippen LogP contribution in [-0.4, -0.2) is 50.1 Å². The largest absolute Gasteiger partial charge is 0.464 e. The Bertz CT molecular complexity index is 549. The predicted molar refractivity (Wildman–Crippen MR) is 102 cm³/mol. The molecule has 0 saturated heterocycles. The van der Waals surface area contributed by atoms with Gasteiger partial charge in [0.1, 0.15) is 6.16 Å². The predicted octanol–water partition coefficient (Wildman–Crippen LogP) is 4.94. The van der Waals surface area contributed by atoms with Crippen LogP contribution in [-0.2, 0) is 27.9 Å². The van der Waals surface area contributed by atoms with Gasteiger partial charge < -0.3 is 13.8 Å².